The highest BCUT2D eigenvalue weighted by molar-refractivity contribution is 7.09. The normalized spacial score (nSPS) is 13.7. The Kier molecular flexibility index (Phi) is 10.8. The zero-order valence-corrected chi connectivity index (χ0v) is 23.2. The van der Waals surface area contributed by atoms with Crippen LogP contribution in [0.5, 0.6) is 0 Å². The van der Waals surface area contributed by atoms with Gasteiger partial charge in [-0.15, -0.1) is 11.3 Å². The lowest BCUT2D eigenvalue weighted by Crippen LogP contribution is -2.43. The Morgan fingerprint density at radius 1 is 1.19 bits per heavy atom. The molecule has 1 N–H and O–H groups in total. The Morgan fingerprint density at radius 3 is 2.44 bits per heavy atom. The molecule has 0 saturated heterocycles. The van der Waals surface area contributed by atoms with Gasteiger partial charge in [-0.05, 0) is 57.6 Å². The number of carbonyl (C=O) groups is 3. The summed E-state index contributed by atoms with van der Waals surface area (Å²) in [7, 11) is 1.77. The summed E-state index contributed by atoms with van der Waals surface area (Å²) >= 11 is 1.43. The van der Waals surface area contributed by atoms with Crippen LogP contribution < -0.4 is 5.32 Å². The van der Waals surface area contributed by atoms with E-state index in [1.807, 2.05) is 51.1 Å². The van der Waals surface area contributed by atoms with Gasteiger partial charge in [0.15, 0.2) is 0 Å². The minimum Gasteiger partial charge on any atom is -0.444 e. The van der Waals surface area contributed by atoms with Crippen LogP contribution in [0.4, 0.5) is 4.79 Å². The number of carbonyl (C=O) groups excluding carboxylic acids is 3. The number of hydrogen-bond acceptors (Lipinski definition) is 6. The Hall–Kier alpha value is -3.00. The van der Waals surface area contributed by atoms with Crippen molar-refractivity contribution in [3.05, 3.63) is 63.6 Å². The third-order valence-electron chi connectivity index (χ3n) is 5.65. The van der Waals surface area contributed by atoms with Crippen LogP contribution in [0.3, 0.4) is 0 Å². The van der Waals surface area contributed by atoms with Crippen LogP contribution in [0.15, 0.2) is 47.4 Å². The second-order valence-corrected chi connectivity index (χ2v) is 11.3. The smallest absolute Gasteiger partial charge is 0.410 e. The number of thiazole rings is 1. The highest BCUT2D eigenvalue weighted by atomic mass is 32.1. The summed E-state index contributed by atoms with van der Waals surface area (Å²) in [6, 6.07) is 9.46. The second-order valence-electron chi connectivity index (χ2n) is 10.4. The number of rotatable bonds is 11. The van der Waals surface area contributed by atoms with Crippen molar-refractivity contribution < 1.29 is 19.1 Å². The molecule has 0 bridgehead atoms. The molecule has 0 unspecified atom stereocenters. The zero-order chi connectivity index (χ0) is 26.9. The number of aromatic nitrogens is 1. The van der Waals surface area contributed by atoms with Crippen LogP contribution >= 0.6 is 11.3 Å². The second kappa shape index (κ2) is 13.3. The summed E-state index contributed by atoms with van der Waals surface area (Å²) in [5.41, 5.74) is 1.42. The van der Waals surface area contributed by atoms with Crippen LogP contribution in [0.2, 0.25) is 0 Å². The minimum atomic E-state index is -0.553. The average molecular weight is 514 g/mol. The minimum absolute atomic E-state index is 0.0206. The highest BCUT2D eigenvalue weighted by Crippen LogP contribution is 2.21. The van der Waals surface area contributed by atoms with E-state index in [0.29, 0.717) is 30.5 Å². The van der Waals surface area contributed by atoms with Gasteiger partial charge >= 0.3 is 6.09 Å². The summed E-state index contributed by atoms with van der Waals surface area (Å²) < 4.78 is 5.53. The molecule has 36 heavy (non-hydrogen) atoms. The predicted molar refractivity (Wildman–Crippen MR) is 144 cm³/mol. The van der Waals surface area contributed by atoms with Crippen LogP contribution in [0, 0.1) is 5.92 Å². The van der Waals surface area contributed by atoms with E-state index in [1.165, 1.54) is 11.3 Å². The van der Waals surface area contributed by atoms with Gasteiger partial charge in [0.05, 0.1) is 11.0 Å². The Morgan fingerprint density at radius 2 is 1.86 bits per heavy atom. The van der Waals surface area contributed by atoms with Crippen LogP contribution in [0.25, 0.3) is 0 Å². The molecule has 0 aliphatic heterocycles. The summed E-state index contributed by atoms with van der Waals surface area (Å²) in [6.45, 7) is 11.4. The van der Waals surface area contributed by atoms with Gasteiger partial charge in [-0.3, -0.25) is 9.59 Å². The number of nitrogens with zero attached hydrogens (tertiary/aromatic N) is 2. The fourth-order valence-corrected chi connectivity index (χ4v) is 4.66. The van der Waals surface area contributed by atoms with Gasteiger partial charge in [-0.2, -0.15) is 0 Å². The molecular formula is C28H39N3O4S. The van der Waals surface area contributed by atoms with E-state index >= 15 is 0 Å². The molecule has 1 aromatic heterocycles. The van der Waals surface area contributed by atoms with Gasteiger partial charge in [-0.25, -0.2) is 9.78 Å². The number of hydrogen-bond donors (Lipinski definition) is 1. The number of benzene rings is 1. The number of amides is 2. The Bertz CT molecular complexity index is 1040. The molecule has 0 aliphatic rings. The van der Waals surface area contributed by atoms with Gasteiger partial charge in [0.2, 0.25) is 0 Å². The largest absolute Gasteiger partial charge is 0.444 e. The maximum Gasteiger partial charge on any atom is 0.410 e. The molecule has 0 saturated carbocycles. The molecule has 2 amide bonds. The average Bonchev–Trinajstić information content (AvgIpc) is 3.27. The quantitative estimate of drug-likeness (QED) is 0.319. The third kappa shape index (κ3) is 9.57. The van der Waals surface area contributed by atoms with Crippen molar-refractivity contribution in [1.29, 1.82) is 0 Å². The molecule has 2 rings (SSSR count). The van der Waals surface area contributed by atoms with Crippen molar-refractivity contribution in [3.8, 4) is 0 Å². The van der Waals surface area contributed by atoms with E-state index < -0.39 is 5.60 Å². The maximum atomic E-state index is 13.0. The summed E-state index contributed by atoms with van der Waals surface area (Å²) in [6.07, 6.45) is 4.13. The molecule has 0 radical (unpaired) electrons. The molecule has 2 aromatic rings. The molecule has 0 fully saturated rings. The van der Waals surface area contributed by atoms with Crippen LogP contribution in [-0.4, -0.2) is 52.9 Å². The van der Waals surface area contributed by atoms with Crippen molar-refractivity contribution in [1.82, 2.24) is 15.2 Å². The monoisotopic (exact) mass is 513 g/mol. The molecular weight excluding hydrogens is 474 g/mol. The molecule has 1 aromatic carbocycles. The number of allylic oxidation sites excluding steroid dienone is 1. The molecule has 8 heteroatoms. The molecule has 2 atom stereocenters. The lowest BCUT2D eigenvalue weighted by atomic mass is 9.98. The summed E-state index contributed by atoms with van der Waals surface area (Å²) in [5.74, 6) is -0.0449. The standard InChI is InChI=1S/C28H39N3O4S/c1-19(2)24(31(7)27(34)35-28(4,5)6)13-14-25-30-23(18-36-25)26(33)29-22(15-20(3)17-32)16-21-11-9-8-10-12-21/h8-12,15,17-19,22,24H,13-14,16H2,1-7H3,(H,29,33)/b20-15+/t22-,24-/m1/s1. The topological polar surface area (TPSA) is 88.6 Å². The van der Waals surface area contributed by atoms with Gasteiger partial charge in [0.1, 0.15) is 17.6 Å². The molecule has 1 heterocycles. The molecule has 7 nitrogen and oxygen atoms in total. The Balaban J connectivity index is 2.05. The molecule has 0 spiro atoms. The highest BCUT2D eigenvalue weighted by Gasteiger charge is 2.27. The van der Waals surface area contributed by atoms with Gasteiger partial charge in [0, 0.05) is 24.9 Å². The van der Waals surface area contributed by atoms with Gasteiger partial charge < -0.3 is 15.0 Å². The fraction of sp³-hybridized carbons (Fsp3) is 0.500. The first-order chi connectivity index (χ1) is 16.9. The number of ether oxygens (including phenoxy) is 1. The van der Waals surface area contributed by atoms with Crippen LogP contribution in [-0.2, 0) is 22.4 Å². The first-order valence-electron chi connectivity index (χ1n) is 12.3. The lowest BCUT2D eigenvalue weighted by Gasteiger charge is -2.33. The van der Waals surface area contributed by atoms with Gasteiger partial charge in [-0.1, -0.05) is 50.3 Å². The van der Waals surface area contributed by atoms with Crippen molar-refractivity contribution in [2.45, 2.75) is 78.5 Å². The van der Waals surface area contributed by atoms with Crippen molar-refractivity contribution >= 4 is 29.6 Å². The molecule has 0 aliphatic carbocycles. The first kappa shape index (κ1) is 29.2. The van der Waals surface area contributed by atoms with Crippen LogP contribution in [0.1, 0.15) is 69.0 Å². The van der Waals surface area contributed by atoms with Gasteiger partial charge in [0.25, 0.3) is 5.91 Å². The lowest BCUT2D eigenvalue weighted by molar-refractivity contribution is -0.104. The molecule has 196 valence electrons. The van der Waals surface area contributed by atoms with E-state index in [4.69, 9.17) is 4.74 Å². The first-order valence-corrected chi connectivity index (χ1v) is 13.2. The third-order valence-corrected chi connectivity index (χ3v) is 6.56. The van der Waals surface area contributed by atoms with E-state index in [1.54, 1.807) is 30.3 Å². The number of nitrogens with one attached hydrogen (secondary N) is 1. The summed E-state index contributed by atoms with van der Waals surface area (Å²) in [5, 5.41) is 5.59. The SMILES string of the molecule is C/C(C=O)=C\[C@H](Cc1ccccc1)NC(=O)c1csc(CC[C@H](C(C)C)N(C)C(=O)OC(C)(C)C)n1. The van der Waals surface area contributed by atoms with E-state index in [2.05, 4.69) is 24.1 Å². The van der Waals surface area contributed by atoms with E-state index in [-0.39, 0.29) is 30.0 Å². The number of aldehydes is 1. The predicted octanol–water partition coefficient (Wildman–Crippen LogP) is 5.45. The van der Waals surface area contributed by atoms with Crippen molar-refractivity contribution in [3.63, 3.8) is 0 Å². The summed E-state index contributed by atoms with van der Waals surface area (Å²) in [4.78, 5) is 42.9. The Labute approximate surface area is 219 Å². The fourth-order valence-electron chi connectivity index (χ4n) is 3.86. The maximum absolute atomic E-state index is 13.0. The van der Waals surface area contributed by atoms with Crippen molar-refractivity contribution in [2.24, 2.45) is 5.92 Å². The number of aryl methyl sites for hydroxylation is 1. The zero-order valence-electron chi connectivity index (χ0n) is 22.4. The van der Waals surface area contributed by atoms with E-state index in [0.717, 1.165) is 16.9 Å². The van der Waals surface area contributed by atoms with E-state index in [9.17, 15) is 14.4 Å². The van der Waals surface area contributed by atoms with Crippen molar-refractivity contribution in [2.75, 3.05) is 7.05 Å².